The van der Waals surface area contributed by atoms with Gasteiger partial charge in [0, 0.05) is 0 Å². The van der Waals surface area contributed by atoms with E-state index in [1.54, 1.807) is 0 Å². The molecular formula is C10H17N3. The number of hydrogen-bond donors (Lipinski definition) is 1. The van der Waals surface area contributed by atoms with Crippen LogP contribution in [0.4, 0.5) is 5.82 Å². The van der Waals surface area contributed by atoms with Crippen LogP contribution in [0.2, 0.25) is 0 Å². The molecule has 0 amide bonds. The highest BCUT2D eigenvalue weighted by Gasteiger charge is 2.00. The van der Waals surface area contributed by atoms with Crippen LogP contribution in [0.1, 0.15) is 37.4 Å². The number of nitrogen functional groups attached to an aromatic ring is 1. The minimum atomic E-state index is 0.585. The molecule has 0 bridgehead atoms. The van der Waals surface area contributed by atoms with Gasteiger partial charge in [0.05, 0.1) is 5.69 Å². The maximum absolute atomic E-state index is 5.70. The third-order valence-electron chi connectivity index (χ3n) is 2.08. The van der Waals surface area contributed by atoms with Crippen molar-refractivity contribution < 1.29 is 0 Å². The molecule has 0 atom stereocenters. The van der Waals surface area contributed by atoms with Gasteiger partial charge >= 0.3 is 0 Å². The molecule has 3 nitrogen and oxygen atoms in total. The van der Waals surface area contributed by atoms with Crippen molar-refractivity contribution in [2.45, 2.75) is 39.5 Å². The average molecular weight is 179 g/mol. The van der Waals surface area contributed by atoms with Gasteiger partial charge in [-0.25, -0.2) is 0 Å². The molecule has 3 heteroatoms. The number of anilines is 1. The van der Waals surface area contributed by atoms with E-state index in [0.717, 1.165) is 17.7 Å². The second-order valence-electron chi connectivity index (χ2n) is 3.35. The molecule has 0 aromatic carbocycles. The van der Waals surface area contributed by atoms with Crippen LogP contribution in [0.3, 0.4) is 0 Å². The van der Waals surface area contributed by atoms with E-state index < -0.39 is 0 Å². The molecule has 2 N–H and O–H groups in total. The number of aryl methyl sites for hydroxylation is 2. The SMILES string of the molecule is CCCCCc1cc(C)nnc1N. The summed E-state index contributed by atoms with van der Waals surface area (Å²) in [4.78, 5) is 0. The van der Waals surface area contributed by atoms with E-state index in [0.29, 0.717) is 5.82 Å². The molecule has 0 spiro atoms. The van der Waals surface area contributed by atoms with E-state index in [1.807, 2.05) is 13.0 Å². The molecule has 0 saturated carbocycles. The fraction of sp³-hybridized carbons (Fsp3) is 0.600. The summed E-state index contributed by atoms with van der Waals surface area (Å²) < 4.78 is 0. The van der Waals surface area contributed by atoms with Gasteiger partial charge in [-0.1, -0.05) is 19.8 Å². The minimum Gasteiger partial charge on any atom is -0.382 e. The monoisotopic (exact) mass is 179 g/mol. The highest BCUT2D eigenvalue weighted by Crippen LogP contribution is 2.12. The Bertz CT molecular complexity index is 271. The largest absolute Gasteiger partial charge is 0.382 e. The Kier molecular flexibility index (Phi) is 3.68. The summed E-state index contributed by atoms with van der Waals surface area (Å²) in [5.41, 5.74) is 7.78. The third-order valence-corrected chi connectivity index (χ3v) is 2.08. The lowest BCUT2D eigenvalue weighted by atomic mass is 10.1. The predicted molar refractivity (Wildman–Crippen MR) is 54.4 cm³/mol. The van der Waals surface area contributed by atoms with Crippen molar-refractivity contribution in [2.75, 3.05) is 5.73 Å². The molecule has 0 aliphatic rings. The molecule has 0 aliphatic carbocycles. The van der Waals surface area contributed by atoms with Crippen molar-refractivity contribution in [3.05, 3.63) is 17.3 Å². The molecule has 0 saturated heterocycles. The summed E-state index contributed by atoms with van der Waals surface area (Å²) in [6.45, 7) is 4.13. The minimum absolute atomic E-state index is 0.585. The van der Waals surface area contributed by atoms with E-state index >= 15 is 0 Å². The lowest BCUT2D eigenvalue weighted by Gasteiger charge is -2.03. The first-order valence-corrected chi connectivity index (χ1v) is 4.82. The highest BCUT2D eigenvalue weighted by atomic mass is 15.1. The summed E-state index contributed by atoms with van der Waals surface area (Å²) in [6, 6.07) is 2.03. The van der Waals surface area contributed by atoms with Crippen LogP contribution in [0.5, 0.6) is 0 Å². The van der Waals surface area contributed by atoms with Crippen LogP contribution in [-0.2, 0) is 6.42 Å². The van der Waals surface area contributed by atoms with Crippen LogP contribution in [-0.4, -0.2) is 10.2 Å². The summed E-state index contributed by atoms with van der Waals surface area (Å²) in [5, 5.41) is 7.78. The number of nitrogens with zero attached hydrogens (tertiary/aromatic N) is 2. The van der Waals surface area contributed by atoms with Gasteiger partial charge in [0.2, 0.25) is 0 Å². The van der Waals surface area contributed by atoms with Gasteiger partial charge in [-0.15, -0.1) is 5.10 Å². The topological polar surface area (TPSA) is 51.8 Å². The Morgan fingerprint density at radius 3 is 2.77 bits per heavy atom. The van der Waals surface area contributed by atoms with Crippen LogP contribution < -0.4 is 5.73 Å². The van der Waals surface area contributed by atoms with Gasteiger partial charge in [-0.05, 0) is 31.4 Å². The Morgan fingerprint density at radius 1 is 1.31 bits per heavy atom. The molecule has 0 unspecified atom stereocenters. The molecule has 0 fully saturated rings. The zero-order valence-corrected chi connectivity index (χ0v) is 8.38. The second-order valence-corrected chi connectivity index (χ2v) is 3.35. The number of unbranched alkanes of at least 4 members (excludes halogenated alkanes) is 2. The zero-order chi connectivity index (χ0) is 9.68. The Labute approximate surface area is 79.4 Å². The molecule has 72 valence electrons. The van der Waals surface area contributed by atoms with Gasteiger partial charge in [0.25, 0.3) is 0 Å². The fourth-order valence-electron chi connectivity index (χ4n) is 1.32. The van der Waals surface area contributed by atoms with Crippen molar-refractivity contribution in [2.24, 2.45) is 0 Å². The lowest BCUT2D eigenvalue weighted by Crippen LogP contribution is -2.01. The summed E-state index contributed by atoms with van der Waals surface area (Å²) in [6.07, 6.45) is 4.69. The second kappa shape index (κ2) is 4.80. The van der Waals surface area contributed by atoms with E-state index in [1.165, 1.54) is 19.3 Å². The summed E-state index contributed by atoms with van der Waals surface area (Å²) in [5.74, 6) is 0.585. The van der Waals surface area contributed by atoms with Crippen molar-refractivity contribution in [3.8, 4) is 0 Å². The predicted octanol–water partition coefficient (Wildman–Crippen LogP) is 2.10. The maximum atomic E-state index is 5.70. The quantitative estimate of drug-likeness (QED) is 0.720. The van der Waals surface area contributed by atoms with Crippen LogP contribution >= 0.6 is 0 Å². The first kappa shape index (κ1) is 9.96. The van der Waals surface area contributed by atoms with Crippen LogP contribution in [0, 0.1) is 6.92 Å². The van der Waals surface area contributed by atoms with E-state index in [4.69, 9.17) is 5.73 Å². The van der Waals surface area contributed by atoms with Gasteiger partial charge in [0.15, 0.2) is 0 Å². The average Bonchev–Trinajstić information content (AvgIpc) is 2.11. The standard InChI is InChI=1S/C10H17N3/c1-3-4-5-6-9-7-8(2)12-13-10(9)11/h7H,3-6H2,1-2H3,(H2,11,13). The van der Waals surface area contributed by atoms with Crippen molar-refractivity contribution in [1.29, 1.82) is 0 Å². The molecular weight excluding hydrogens is 162 g/mol. The first-order chi connectivity index (χ1) is 6.24. The van der Waals surface area contributed by atoms with Crippen molar-refractivity contribution in [3.63, 3.8) is 0 Å². The van der Waals surface area contributed by atoms with Crippen molar-refractivity contribution >= 4 is 5.82 Å². The van der Waals surface area contributed by atoms with Gasteiger partial charge in [-0.3, -0.25) is 0 Å². The van der Waals surface area contributed by atoms with E-state index in [-0.39, 0.29) is 0 Å². The number of aromatic nitrogens is 2. The van der Waals surface area contributed by atoms with E-state index in [9.17, 15) is 0 Å². The molecule has 0 radical (unpaired) electrons. The molecule has 1 aromatic heterocycles. The zero-order valence-electron chi connectivity index (χ0n) is 8.38. The fourth-order valence-corrected chi connectivity index (χ4v) is 1.32. The Morgan fingerprint density at radius 2 is 2.08 bits per heavy atom. The highest BCUT2D eigenvalue weighted by molar-refractivity contribution is 5.38. The number of hydrogen-bond acceptors (Lipinski definition) is 3. The smallest absolute Gasteiger partial charge is 0.149 e. The van der Waals surface area contributed by atoms with Gasteiger partial charge in [-0.2, -0.15) is 5.10 Å². The van der Waals surface area contributed by atoms with Gasteiger partial charge < -0.3 is 5.73 Å². The first-order valence-electron chi connectivity index (χ1n) is 4.82. The number of rotatable bonds is 4. The van der Waals surface area contributed by atoms with Crippen molar-refractivity contribution in [1.82, 2.24) is 10.2 Å². The molecule has 1 rings (SSSR count). The maximum Gasteiger partial charge on any atom is 0.149 e. The summed E-state index contributed by atoms with van der Waals surface area (Å²) in [7, 11) is 0. The molecule has 1 aromatic rings. The van der Waals surface area contributed by atoms with Crippen LogP contribution in [0.25, 0.3) is 0 Å². The third kappa shape index (κ3) is 3.01. The van der Waals surface area contributed by atoms with Crippen LogP contribution in [0.15, 0.2) is 6.07 Å². The number of nitrogens with two attached hydrogens (primary N) is 1. The Hall–Kier alpha value is -1.12. The lowest BCUT2D eigenvalue weighted by molar-refractivity contribution is 0.714. The molecule has 0 aliphatic heterocycles. The Balaban J connectivity index is 2.59. The molecule has 13 heavy (non-hydrogen) atoms. The molecule has 1 heterocycles. The van der Waals surface area contributed by atoms with Gasteiger partial charge in [0.1, 0.15) is 5.82 Å². The summed E-state index contributed by atoms with van der Waals surface area (Å²) >= 11 is 0. The normalized spacial score (nSPS) is 10.3. The van der Waals surface area contributed by atoms with E-state index in [2.05, 4.69) is 17.1 Å².